The molecule has 0 bridgehead atoms. The number of unbranched alkanes of at least 4 members (excludes halogenated alkanes) is 6. The van der Waals surface area contributed by atoms with Gasteiger partial charge in [0.25, 0.3) is 0 Å². The number of carbonyl (C=O) groups is 2. The van der Waals surface area contributed by atoms with Gasteiger partial charge in [-0.3, -0.25) is 0 Å². The number of rotatable bonds is 14. The molecule has 0 radical (unpaired) electrons. The highest BCUT2D eigenvalue weighted by molar-refractivity contribution is 5.91. The molecule has 0 heterocycles. The summed E-state index contributed by atoms with van der Waals surface area (Å²) in [6.45, 7) is 4.41. The predicted molar refractivity (Wildman–Crippen MR) is 138 cm³/mol. The van der Waals surface area contributed by atoms with Crippen molar-refractivity contribution >= 4 is 11.9 Å². The molecule has 35 heavy (non-hydrogen) atoms. The van der Waals surface area contributed by atoms with Crippen molar-refractivity contribution in [2.45, 2.75) is 44.9 Å². The van der Waals surface area contributed by atoms with Crippen LogP contribution in [0, 0.1) is 0 Å². The molecule has 0 atom stereocenters. The topological polar surface area (TPSA) is 72.8 Å². The molecule has 5 heteroatoms. The van der Waals surface area contributed by atoms with Gasteiger partial charge in [-0.05, 0) is 78.9 Å². The summed E-state index contributed by atoms with van der Waals surface area (Å²) >= 11 is 0. The van der Waals surface area contributed by atoms with E-state index >= 15 is 0 Å². The lowest BCUT2D eigenvalue weighted by atomic mass is 10.0. The smallest absolute Gasteiger partial charge is 0.343 e. The number of aromatic carboxylic acids is 1. The Morgan fingerprint density at radius 3 is 1.80 bits per heavy atom. The summed E-state index contributed by atoms with van der Waals surface area (Å²) in [5, 5.41) is 9.01. The first kappa shape index (κ1) is 25.8. The minimum atomic E-state index is -0.959. The van der Waals surface area contributed by atoms with Gasteiger partial charge >= 0.3 is 11.9 Å². The highest BCUT2D eigenvalue weighted by Gasteiger charge is 2.10. The van der Waals surface area contributed by atoms with Crippen molar-refractivity contribution in [3.63, 3.8) is 0 Å². The van der Waals surface area contributed by atoms with E-state index in [4.69, 9.17) is 14.6 Å². The van der Waals surface area contributed by atoms with Gasteiger partial charge in [0.05, 0.1) is 17.7 Å². The Morgan fingerprint density at radius 2 is 1.20 bits per heavy atom. The standard InChI is InChI=1S/C30H32O5/c1-2-3-4-5-6-7-8-9-22-34-27-18-16-26(17-19-27)30(33)35-28-20-14-24(15-21-28)23-10-12-25(13-11-23)29(31)32/h2,10-21H,1,3-9,22H2,(H,31,32). The Morgan fingerprint density at radius 1 is 0.686 bits per heavy atom. The van der Waals surface area contributed by atoms with Gasteiger partial charge in [-0.15, -0.1) is 6.58 Å². The molecular formula is C30H32O5. The number of allylic oxidation sites excluding steroid dienone is 1. The van der Waals surface area contributed by atoms with Crippen molar-refractivity contribution in [2.75, 3.05) is 6.61 Å². The maximum absolute atomic E-state index is 12.5. The molecule has 0 aliphatic rings. The van der Waals surface area contributed by atoms with E-state index in [0.29, 0.717) is 17.9 Å². The maximum Gasteiger partial charge on any atom is 0.343 e. The normalized spacial score (nSPS) is 10.5. The van der Waals surface area contributed by atoms with Crippen molar-refractivity contribution in [2.24, 2.45) is 0 Å². The van der Waals surface area contributed by atoms with E-state index < -0.39 is 11.9 Å². The summed E-state index contributed by atoms with van der Waals surface area (Å²) in [6.07, 6.45) is 10.2. The number of esters is 1. The molecule has 0 aliphatic carbocycles. The lowest BCUT2D eigenvalue weighted by Gasteiger charge is -2.08. The molecule has 0 saturated carbocycles. The summed E-state index contributed by atoms with van der Waals surface area (Å²) in [5.41, 5.74) is 2.47. The van der Waals surface area contributed by atoms with Gasteiger partial charge in [-0.1, -0.05) is 56.0 Å². The van der Waals surface area contributed by atoms with Crippen LogP contribution in [-0.2, 0) is 0 Å². The number of benzene rings is 3. The fourth-order valence-corrected chi connectivity index (χ4v) is 3.66. The van der Waals surface area contributed by atoms with Gasteiger partial charge in [0.2, 0.25) is 0 Å². The molecule has 3 rings (SSSR count). The van der Waals surface area contributed by atoms with Gasteiger partial charge < -0.3 is 14.6 Å². The molecule has 5 nitrogen and oxygen atoms in total. The molecule has 0 aliphatic heterocycles. The van der Waals surface area contributed by atoms with Crippen LogP contribution in [-0.4, -0.2) is 23.7 Å². The fourth-order valence-electron chi connectivity index (χ4n) is 3.66. The molecule has 3 aromatic rings. The maximum atomic E-state index is 12.5. The summed E-state index contributed by atoms with van der Waals surface area (Å²) in [7, 11) is 0. The van der Waals surface area contributed by atoms with Crippen LogP contribution in [0.1, 0.15) is 65.7 Å². The first-order valence-electron chi connectivity index (χ1n) is 12.1. The van der Waals surface area contributed by atoms with Crippen molar-refractivity contribution < 1.29 is 24.2 Å². The Hall–Kier alpha value is -3.86. The molecule has 0 fully saturated rings. The summed E-state index contributed by atoms with van der Waals surface area (Å²) in [4.78, 5) is 23.5. The molecule has 0 unspecified atom stereocenters. The van der Waals surface area contributed by atoms with E-state index in [2.05, 4.69) is 6.58 Å². The Labute approximate surface area is 207 Å². The number of ether oxygens (including phenoxy) is 2. The zero-order chi connectivity index (χ0) is 24.9. The second-order valence-electron chi connectivity index (χ2n) is 8.37. The SMILES string of the molecule is C=CCCCCCCCCOc1ccc(C(=O)Oc2ccc(-c3ccc(C(=O)O)cc3)cc2)cc1. The average Bonchev–Trinajstić information content (AvgIpc) is 2.88. The van der Waals surface area contributed by atoms with Gasteiger partial charge in [0, 0.05) is 0 Å². The van der Waals surface area contributed by atoms with Crippen LogP contribution in [0.5, 0.6) is 11.5 Å². The van der Waals surface area contributed by atoms with Crippen molar-refractivity contribution in [1.82, 2.24) is 0 Å². The largest absolute Gasteiger partial charge is 0.494 e. The van der Waals surface area contributed by atoms with E-state index in [-0.39, 0.29) is 5.56 Å². The van der Waals surface area contributed by atoms with Crippen LogP contribution in [0.4, 0.5) is 0 Å². The number of hydrogen-bond acceptors (Lipinski definition) is 4. The lowest BCUT2D eigenvalue weighted by Crippen LogP contribution is -2.08. The van der Waals surface area contributed by atoms with E-state index in [1.807, 2.05) is 18.2 Å². The molecule has 3 aromatic carbocycles. The number of carboxylic acids is 1. The van der Waals surface area contributed by atoms with Crippen molar-refractivity contribution in [1.29, 1.82) is 0 Å². The van der Waals surface area contributed by atoms with Crippen LogP contribution in [0.15, 0.2) is 85.5 Å². The third-order valence-electron chi connectivity index (χ3n) is 5.69. The predicted octanol–water partition coefficient (Wildman–Crippen LogP) is 7.57. The Balaban J connectivity index is 1.42. The van der Waals surface area contributed by atoms with Crippen LogP contribution in [0.25, 0.3) is 11.1 Å². The van der Waals surface area contributed by atoms with Gasteiger partial charge in [0.1, 0.15) is 11.5 Å². The van der Waals surface area contributed by atoms with E-state index in [1.54, 1.807) is 60.7 Å². The quantitative estimate of drug-likeness (QED) is 0.113. The minimum Gasteiger partial charge on any atom is -0.494 e. The Kier molecular flexibility index (Phi) is 10.1. The average molecular weight is 473 g/mol. The zero-order valence-corrected chi connectivity index (χ0v) is 19.9. The number of carboxylic acid groups (broad SMARTS) is 1. The second-order valence-corrected chi connectivity index (χ2v) is 8.37. The fraction of sp³-hybridized carbons (Fsp3) is 0.267. The molecule has 0 saturated heterocycles. The third-order valence-corrected chi connectivity index (χ3v) is 5.69. The van der Waals surface area contributed by atoms with Crippen LogP contribution in [0.2, 0.25) is 0 Å². The zero-order valence-electron chi connectivity index (χ0n) is 19.9. The van der Waals surface area contributed by atoms with Gasteiger partial charge in [0.15, 0.2) is 0 Å². The summed E-state index contributed by atoms with van der Waals surface area (Å²) in [5.74, 6) is -0.220. The summed E-state index contributed by atoms with van der Waals surface area (Å²) < 4.78 is 11.3. The van der Waals surface area contributed by atoms with Gasteiger partial charge in [-0.25, -0.2) is 9.59 Å². The number of carbonyl (C=O) groups excluding carboxylic acids is 1. The van der Waals surface area contributed by atoms with E-state index in [1.165, 1.54) is 25.7 Å². The lowest BCUT2D eigenvalue weighted by molar-refractivity contribution is 0.0694. The first-order valence-corrected chi connectivity index (χ1v) is 12.1. The highest BCUT2D eigenvalue weighted by atomic mass is 16.5. The molecule has 1 N–H and O–H groups in total. The molecular weight excluding hydrogens is 440 g/mol. The van der Waals surface area contributed by atoms with Crippen molar-refractivity contribution in [3.8, 4) is 22.6 Å². The number of hydrogen-bond donors (Lipinski definition) is 1. The highest BCUT2D eigenvalue weighted by Crippen LogP contribution is 2.24. The Bertz CT molecular complexity index is 1080. The van der Waals surface area contributed by atoms with E-state index in [0.717, 1.165) is 36.1 Å². The molecule has 0 spiro atoms. The van der Waals surface area contributed by atoms with Crippen LogP contribution >= 0.6 is 0 Å². The third kappa shape index (κ3) is 8.45. The molecule has 182 valence electrons. The van der Waals surface area contributed by atoms with Crippen LogP contribution in [0.3, 0.4) is 0 Å². The minimum absolute atomic E-state index is 0.237. The molecule has 0 amide bonds. The van der Waals surface area contributed by atoms with E-state index in [9.17, 15) is 9.59 Å². The van der Waals surface area contributed by atoms with Crippen LogP contribution < -0.4 is 9.47 Å². The van der Waals surface area contributed by atoms with Gasteiger partial charge in [-0.2, -0.15) is 0 Å². The second kappa shape index (κ2) is 13.8. The van der Waals surface area contributed by atoms with Crippen molar-refractivity contribution in [3.05, 3.63) is 96.6 Å². The first-order chi connectivity index (χ1) is 17.1. The molecule has 0 aromatic heterocycles. The summed E-state index contributed by atoms with van der Waals surface area (Å²) in [6, 6.07) is 20.7. The monoisotopic (exact) mass is 472 g/mol.